The van der Waals surface area contributed by atoms with Crippen LogP contribution in [0.2, 0.25) is 0 Å². The van der Waals surface area contributed by atoms with E-state index in [0.717, 1.165) is 28.4 Å². The fraction of sp³-hybridized carbons (Fsp3) is 0.278. The van der Waals surface area contributed by atoms with Crippen LogP contribution < -0.4 is 5.32 Å². The minimum absolute atomic E-state index is 0.268. The molecule has 2 aromatic carbocycles. The molecule has 0 aliphatic heterocycles. The normalized spacial score (nSPS) is 19.5. The molecule has 1 N–H and O–H groups in total. The van der Waals surface area contributed by atoms with Gasteiger partial charge in [-0.3, -0.25) is 14.9 Å². The van der Waals surface area contributed by atoms with E-state index in [9.17, 15) is 14.9 Å². The van der Waals surface area contributed by atoms with E-state index in [0.29, 0.717) is 12.1 Å². The molecule has 0 bridgehead atoms. The number of nitrogens with one attached hydrogen (secondary N) is 1. The third-order valence-electron chi connectivity index (χ3n) is 4.72. The summed E-state index contributed by atoms with van der Waals surface area (Å²) in [5, 5.41) is 15.7. The number of para-hydroxylation sites is 1. The average Bonchev–Trinajstić information content (AvgIpc) is 3.33. The standard InChI is InChI=1S/C18H17N3O3/c1-2-20-15-6-4-3-5-12(15)13-9-11(7-8-16(13)20)19-18(22)14-10-17(14)21(23)24/h3-9,14,17H,2,10H2,1H3,(H,19,22)/t14-,17-/m1/s1. The average molecular weight is 323 g/mol. The maximum absolute atomic E-state index is 12.1. The number of hydrogen-bond donors (Lipinski definition) is 1. The molecule has 1 amide bonds. The topological polar surface area (TPSA) is 77.2 Å². The number of rotatable bonds is 4. The molecule has 1 fully saturated rings. The second kappa shape index (κ2) is 5.33. The van der Waals surface area contributed by atoms with Crippen LogP contribution in [0.15, 0.2) is 42.5 Å². The minimum atomic E-state index is -0.726. The number of hydrogen-bond acceptors (Lipinski definition) is 3. The van der Waals surface area contributed by atoms with Gasteiger partial charge in [0.25, 0.3) is 0 Å². The molecule has 2 atom stereocenters. The number of nitrogens with zero attached hydrogens (tertiary/aromatic N) is 2. The molecule has 3 aromatic rings. The molecule has 24 heavy (non-hydrogen) atoms. The van der Waals surface area contributed by atoms with Gasteiger partial charge in [-0.05, 0) is 31.2 Å². The second-order valence-electron chi connectivity index (χ2n) is 6.18. The maximum atomic E-state index is 12.1. The molecule has 0 radical (unpaired) electrons. The van der Waals surface area contributed by atoms with E-state index >= 15 is 0 Å². The highest BCUT2D eigenvalue weighted by Gasteiger charge is 2.53. The van der Waals surface area contributed by atoms with Crippen molar-refractivity contribution in [1.29, 1.82) is 0 Å². The smallest absolute Gasteiger partial charge is 0.234 e. The summed E-state index contributed by atoms with van der Waals surface area (Å²) in [5.74, 6) is -0.775. The summed E-state index contributed by atoms with van der Waals surface area (Å²) in [4.78, 5) is 22.5. The van der Waals surface area contributed by atoms with Crippen LogP contribution in [0.25, 0.3) is 21.8 Å². The molecule has 0 saturated heterocycles. The van der Waals surface area contributed by atoms with Gasteiger partial charge in [0.05, 0.1) is 0 Å². The van der Waals surface area contributed by atoms with Gasteiger partial charge >= 0.3 is 0 Å². The van der Waals surface area contributed by atoms with Gasteiger partial charge in [-0.15, -0.1) is 0 Å². The zero-order valence-corrected chi connectivity index (χ0v) is 13.2. The Kier molecular flexibility index (Phi) is 3.26. The zero-order chi connectivity index (χ0) is 16.8. The molecule has 1 saturated carbocycles. The SMILES string of the molecule is CCn1c2ccccc2c2cc(NC(=O)[C@@H]3C[C@H]3[N+](=O)[O-])ccc21. The highest BCUT2D eigenvalue weighted by atomic mass is 16.6. The van der Waals surface area contributed by atoms with E-state index in [4.69, 9.17) is 0 Å². The van der Waals surface area contributed by atoms with Crippen LogP contribution in [-0.2, 0) is 11.3 Å². The molecule has 1 aliphatic rings. The van der Waals surface area contributed by atoms with Crippen LogP contribution in [0.1, 0.15) is 13.3 Å². The Bertz CT molecular complexity index is 976. The first-order valence-electron chi connectivity index (χ1n) is 8.05. The number of aryl methyl sites for hydroxylation is 1. The number of amides is 1. The Hall–Kier alpha value is -2.89. The van der Waals surface area contributed by atoms with Crippen molar-refractivity contribution in [2.45, 2.75) is 25.9 Å². The minimum Gasteiger partial charge on any atom is -0.341 e. The van der Waals surface area contributed by atoms with Crippen molar-refractivity contribution in [3.05, 3.63) is 52.6 Å². The Labute approximate surface area is 138 Å². The molecule has 6 nitrogen and oxygen atoms in total. The summed E-state index contributed by atoms with van der Waals surface area (Å²) < 4.78 is 2.24. The molecule has 0 unspecified atom stereocenters. The molecular formula is C18H17N3O3. The highest BCUT2D eigenvalue weighted by molar-refractivity contribution is 6.10. The van der Waals surface area contributed by atoms with Crippen molar-refractivity contribution in [1.82, 2.24) is 4.57 Å². The zero-order valence-electron chi connectivity index (χ0n) is 13.2. The fourth-order valence-corrected chi connectivity index (χ4v) is 3.40. The summed E-state index contributed by atoms with van der Waals surface area (Å²) in [6.45, 7) is 2.97. The summed E-state index contributed by atoms with van der Waals surface area (Å²) in [6.07, 6.45) is 0.330. The Morgan fingerprint density at radius 2 is 2.00 bits per heavy atom. The van der Waals surface area contributed by atoms with Crippen LogP contribution in [0, 0.1) is 16.0 Å². The van der Waals surface area contributed by atoms with Crippen LogP contribution >= 0.6 is 0 Å². The van der Waals surface area contributed by atoms with Crippen molar-refractivity contribution in [3.63, 3.8) is 0 Å². The first-order valence-corrected chi connectivity index (χ1v) is 8.05. The molecule has 1 heterocycles. The van der Waals surface area contributed by atoms with Gasteiger partial charge in [0.2, 0.25) is 11.9 Å². The lowest BCUT2D eigenvalue weighted by atomic mass is 10.1. The van der Waals surface area contributed by atoms with Crippen molar-refractivity contribution in [3.8, 4) is 0 Å². The van der Waals surface area contributed by atoms with Gasteiger partial charge in [-0.2, -0.15) is 0 Å². The Morgan fingerprint density at radius 1 is 1.25 bits per heavy atom. The van der Waals surface area contributed by atoms with E-state index in [1.165, 1.54) is 0 Å². The van der Waals surface area contributed by atoms with Crippen molar-refractivity contribution in [2.75, 3.05) is 5.32 Å². The first-order chi connectivity index (χ1) is 11.6. The van der Waals surface area contributed by atoms with E-state index in [1.807, 2.05) is 30.3 Å². The third kappa shape index (κ3) is 2.22. The van der Waals surface area contributed by atoms with Crippen molar-refractivity contribution >= 4 is 33.4 Å². The summed E-state index contributed by atoms with van der Waals surface area (Å²) >= 11 is 0. The Morgan fingerprint density at radius 3 is 2.71 bits per heavy atom. The van der Waals surface area contributed by atoms with E-state index < -0.39 is 12.0 Å². The van der Waals surface area contributed by atoms with Gasteiger partial charge < -0.3 is 9.88 Å². The highest BCUT2D eigenvalue weighted by Crippen LogP contribution is 2.35. The van der Waals surface area contributed by atoms with Gasteiger partial charge in [-0.25, -0.2) is 0 Å². The summed E-state index contributed by atoms with van der Waals surface area (Å²) in [5.41, 5.74) is 2.96. The largest absolute Gasteiger partial charge is 0.341 e. The molecule has 4 rings (SSSR count). The van der Waals surface area contributed by atoms with Gasteiger partial charge in [-0.1, -0.05) is 18.2 Å². The van der Waals surface area contributed by atoms with Gasteiger partial charge in [0, 0.05) is 45.4 Å². The van der Waals surface area contributed by atoms with E-state index in [-0.39, 0.29) is 10.8 Å². The molecule has 1 aliphatic carbocycles. The number of aromatic nitrogens is 1. The molecule has 1 aromatic heterocycles. The fourth-order valence-electron chi connectivity index (χ4n) is 3.40. The second-order valence-corrected chi connectivity index (χ2v) is 6.18. The monoisotopic (exact) mass is 323 g/mol. The van der Waals surface area contributed by atoms with Crippen molar-refractivity contribution in [2.24, 2.45) is 5.92 Å². The van der Waals surface area contributed by atoms with Crippen LogP contribution in [-0.4, -0.2) is 21.4 Å². The van der Waals surface area contributed by atoms with Gasteiger partial charge in [0.15, 0.2) is 0 Å². The molecular weight excluding hydrogens is 306 g/mol. The lowest BCUT2D eigenvalue weighted by Crippen LogP contribution is -2.18. The number of carbonyl (C=O) groups is 1. The summed E-state index contributed by atoms with van der Waals surface area (Å²) in [7, 11) is 0. The predicted molar refractivity (Wildman–Crippen MR) is 92.6 cm³/mol. The van der Waals surface area contributed by atoms with Crippen LogP contribution in [0.4, 0.5) is 5.69 Å². The quantitative estimate of drug-likeness (QED) is 0.590. The van der Waals surface area contributed by atoms with E-state index in [2.05, 4.69) is 28.9 Å². The third-order valence-corrected chi connectivity index (χ3v) is 4.72. The maximum Gasteiger partial charge on any atom is 0.234 e. The summed E-state index contributed by atoms with van der Waals surface area (Å²) in [6, 6.07) is 13.2. The number of fused-ring (bicyclic) bond motifs is 3. The Balaban J connectivity index is 1.70. The number of carbonyl (C=O) groups excluding carboxylic acids is 1. The molecule has 0 spiro atoms. The predicted octanol–water partition coefficient (Wildman–Crippen LogP) is 3.42. The lowest BCUT2D eigenvalue weighted by Gasteiger charge is -2.06. The molecule has 6 heteroatoms. The molecule has 122 valence electrons. The number of anilines is 1. The number of nitro groups is 1. The van der Waals surface area contributed by atoms with Crippen LogP contribution in [0.3, 0.4) is 0 Å². The van der Waals surface area contributed by atoms with Crippen molar-refractivity contribution < 1.29 is 9.72 Å². The number of benzene rings is 2. The van der Waals surface area contributed by atoms with Gasteiger partial charge in [0.1, 0.15) is 5.92 Å². The van der Waals surface area contributed by atoms with Crippen LogP contribution in [0.5, 0.6) is 0 Å². The first kappa shape index (κ1) is 14.7. The van der Waals surface area contributed by atoms with E-state index in [1.54, 1.807) is 0 Å². The lowest BCUT2D eigenvalue weighted by molar-refractivity contribution is -0.497.